The number of likely N-dealkylation sites (N-methyl/N-ethyl adjacent to an activating group) is 1. The molecule has 1 atom stereocenters. The number of nitrogens with one attached hydrogen (secondary N) is 1. The second-order valence-corrected chi connectivity index (χ2v) is 6.28. The highest BCUT2D eigenvalue weighted by Crippen LogP contribution is 2.20. The quantitative estimate of drug-likeness (QED) is 0.506. The van der Waals surface area contributed by atoms with Gasteiger partial charge in [-0.25, -0.2) is 4.79 Å². The third-order valence-electron chi connectivity index (χ3n) is 3.51. The molecule has 8 heteroatoms. The van der Waals surface area contributed by atoms with Crippen molar-refractivity contribution in [2.24, 2.45) is 5.73 Å². The lowest BCUT2D eigenvalue weighted by Gasteiger charge is -2.21. The van der Waals surface area contributed by atoms with Gasteiger partial charge < -0.3 is 20.7 Å². The molecule has 1 rings (SSSR count). The van der Waals surface area contributed by atoms with Crippen molar-refractivity contribution in [3.8, 4) is 0 Å². The predicted octanol–water partition coefficient (Wildman–Crippen LogP) is 2.41. The van der Waals surface area contributed by atoms with Gasteiger partial charge in [0.25, 0.3) is 5.91 Å². The van der Waals surface area contributed by atoms with Crippen LogP contribution in [0.2, 0.25) is 5.02 Å². The number of benzene rings is 1. The first kappa shape index (κ1) is 21.5. The lowest BCUT2D eigenvalue weighted by atomic mass is 10.0. The molecule has 0 aliphatic rings. The van der Waals surface area contributed by atoms with Crippen LogP contribution in [0.4, 0.5) is 4.79 Å². The molecule has 3 N–H and O–H groups in total. The van der Waals surface area contributed by atoms with Crippen LogP contribution in [0.15, 0.2) is 36.4 Å². The van der Waals surface area contributed by atoms with Crippen molar-refractivity contribution in [2.45, 2.75) is 26.3 Å². The molecule has 0 spiro atoms. The zero-order valence-corrected chi connectivity index (χ0v) is 15.7. The van der Waals surface area contributed by atoms with Crippen molar-refractivity contribution < 1.29 is 19.1 Å². The van der Waals surface area contributed by atoms with Crippen LogP contribution >= 0.6 is 11.6 Å². The van der Waals surface area contributed by atoms with Crippen LogP contribution < -0.4 is 11.1 Å². The fourth-order valence-corrected chi connectivity index (χ4v) is 2.41. The molecule has 0 aliphatic heterocycles. The molecular weight excluding hydrogens is 358 g/mol. The zero-order chi connectivity index (χ0) is 19.7. The summed E-state index contributed by atoms with van der Waals surface area (Å²) in [6, 6.07) is 5.17. The highest BCUT2D eigenvalue weighted by atomic mass is 35.5. The number of halogens is 1. The number of carbonyl (C=O) groups is 3. The van der Waals surface area contributed by atoms with E-state index in [1.807, 2.05) is 13.8 Å². The first-order valence-electron chi connectivity index (χ1n) is 8.12. The Morgan fingerprint density at radius 2 is 1.92 bits per heavy atom. The first-order valence-corrected chi connectivity index (χ1v) is 8.50. The van der Waals surface area contributed by atoms with Crippen LogP contribution in [0.1, 0.15) is 31.9 Å². The molecule has 0 bridgehead atoms. The Morgan fingerprint density at radius 3 is 2.42 bits per heavy atom. The van der Waals surface area contributed by atoms with E-state index in [0.717, 1.165) is 5.57 Å². The molecule has 7 nitrogen and oxygen atoms in total. The Labute approximate surface area is 158 Å². The Bertz CT molecular complexity index is 661. The number of hydrogen-bond acceptors (Lipinski definition) is 4. The fraction of sp³-hybridized carbons (Fsp3) is 0.389. The monoisotopic (exact) mass is 381 g/mol. The molecule has 26 heavy (non-hydrogen) atoms. The van der Waals surface area contributed by atoms with Crippen LogP contribution in [0, 0.1) is 0 Å². The van der Waals surface area contributed by atoms with Gasteiger partial charge in [0.05, 0.1) is 12.5 Å². The molecule has 0 saturated carbocycles. The second kappa shape index (κ2) is 10.5. The summed E-state index contributed by atoms with van der Waals surface area (Å²) >= 11 is 5.84. The minimum atomic E-state index is -0.771. The molecule has 0 heterocycles. The lowest BCUT2D eigenvalue weighted by molar-refractivity contribution is -0.152. The molecule has 0 radical (unpaired) electrons. The van der Waals surface area contributed by atoms with E-state index in [4.69, 9.17) is 22.1 Å². The van der Waals surface area contributed by atoms with Crippen molar-refractivity contribution in [1.29, 1.82) is 0 Å². The van der Waals surface area contributed by atoms with E-state index in [-0.39, 0.29) is 18.9 Å². The maximum atomic E-state index is 12.1. The maximum Gasteiger partial charge on any atom is 0.312 e. The molecule has 0 fully saturated rings. The van der Waals surface area contributed by atoms with Gasteiger partial charge in [-0.3, -0.25) is 9.59 Å². The molecular formula is C18H24ClN3O4. The van der Waals surface area contributed by atoms with Gasteiger partial charge in [-0.2, -0.15) is 0 Å². The minimum absolute atomic E-state index is 0.162. The topological polar surface area (TPSA) is 102 Å². The van der Waals surface area contributed by atoms with E-state index in [2.05, 4.69) is 11.9 Å². The van der Waals surface area contributed by atoms with Crippen LogP contribution in [0.5, 0.6) is 0 Å². The summed E-state index contributed by atoms with van der Waals surface area (Å²) in [6.07, 6.45) is -0.162. The molecule has 0 aromatic heterocycles. The van der Waals surface area contributed by atoms with Gasteiger partial charge in [0.15, 0.2) is 6.61 Å². The molecule has 0 saturated heterocycles. The standard InChI is InChI=1S/C18H24ClN3O4/c1-4-22(10-12(2)3)16(23)11-26-17(24)9-15(21-18(20)25)13-5-7-14(19)8-6-13/h5-8,15H,2,4,9-11H2,1,3H3,(H3,20,21,25)/t15-/m0/s1. The van der Waals surface area contributed by atoms with Crippen molar-refractivity contribution in [2.75, 3.05) is 19.7 Å². The Morgan fingerprint density at radius 1 is 1.31 bits per heavy atom. The van der Waals surface area contributed by atoms with Gasteiger partial charge in [-0.05, 0) is 31.5 Å². The fourth-order valence-electron chi connectivity index (χ4n) is 2.28. The van der Waals surface area contributed by atoms with Gasteiger partial charge in [0, 0.05) is 18.1 Å². The number of hydrogen-bond donors (Lipinski definition) is 2. The van der Waals surface area contributed by atoms with Gasteiger partial charge in [-0.15, -0.1) is 0 Å². The lowest BCUT2D eigenvalue weighted by Crippen LogP contribution is -2.37. The minimum Gasteiger partial charge on any atom is -0.455 e. The summed E-state index contributed by atoms with van der Waals surface area (Å²) in [7, 11) is 0. The third kappa shape index (κ3) is 7.57. The number of nitrogens with two attached hydrogens (primary N) is 1. The normalized spacial score (nSPS) is 11.3. The number of carbonyl (C=O) groups excluding carboxylic acids is 3. The third-order valence-corrected chi connectivity index (χ3v) is 3.76. The maximum absolute atomic E-state index is 12.1. The van der Waals surface area contributed by atoms with Crippen LogP contribution in [0.3, 0.4) is 0 Å². The number of amides is 3. The molecule has 142 valence electrons. The van der Waals surface area contributed by atoms with E-state index in [9.17, 15) is 14.4 Å². The largest absolute Gasteiger partial charge is 0.455 e. The highest BCUT2D eigenvalue weighted by molar-refractivity contribution is 6.30. The van der Waals surface area contributed by atoms with Crippen molar-refractivity contribution in [3.63, 3.8) is 0 Å². The van der Waals surface area contributed by atoms with Crippen LogP contribution in [-0.2, 0) is 14.3 Å². The van der Waals surface area contributed by atoms with E-state index >= 15 is 0 Å². The summed E-state index contributed by atoms with van der Waals surface area (Å²) in [5, 5.41) is 3.01. The Balaban J connectivity index is 2.66. The average Bonchev–Trinajstić information content (AvgIpc) is 2.57. The summed E-state index contributed by atoms with van der Waals surface area (Å²) in [5.74, 6) is -0.937. The smallest absolute Gasteiger partial charge is 0.312 e. The van der Waals surface area contributed by atoms with E-state index in [0.29, 0.717) is 23.7 Å². The highest BCUT2D eigenvalue weighted by Gasteiger charge is 2.20. The van der Waals surface area contributed by atoms with E-state index in [1.165, 1.54) is 4.90 Å². The second-order valence-electron chi connectivity index (χ2n) is 5.84. The van der Waals surface area contributed by atoms with E-state index < -0.39 is 18.0 Å². The predicted molar refractivity (Wildman–Crippen MR) is 99.6 cm³/mol. The molecule has 1 aromatic rings. The number of urea groups is 1. The first-order chi connectivity index (χ1) is 12.2. The van der Waals surface area contributed by atoms with Crippen LogP contribution in [-0.4, -0.2) is 42.5 Å². The van der Waals surface area contributed by atoms with Gasteiger partial charge in [-0.1, -0.05) is 35.9 Å². The van der Waals surface area contributed by atoms with Crippen molar-refractivity contribution in [1.82, 2.24) is 10.2 Å². The SMILES string of the molecule is C=C(C)CN(CC)C(=O)COC(=O)C[C@H](NC(N)=O)c1ccc(Cl)cc1. The van der Waals surface area contributed by atoms with Crippen LogP contribution in [0.25, 0.3) is 0 Å². The Hall–Kier alpha value is -2.54. The van der Waals surface area contributed by atoms with Crippen molar-refractivity contribution >= 4 is 29.5 Å². The zero-order valence-electron chi connectivity index (χ0n) is 15.0. The molecule has 0 aliphatic carbocycles. The number of esters is 1. The number of primary amides is 1. The average molecular weight is 382 g/mol. The number of rotatable bonds is 9. The Kier molecular flexibility index (Phi) is 8.64. The number of nitrogens with zero attached hydrogens (tertiary/aromatic N) is 1. The summed E-state index contributed by atoms with van der Waals surface area (Å²) < 4.78 is 5.05. The molecule has 1 aromatic carbocycles. The summed E-state index contributed by atoms with van der Waals surface area (Å²) in [5.41, 5.74) is 6.65. The number of ether oxygens (including phenoxy) is 1. The molecule has 3 amide bonds. The van der Waals surface area contributed by atoms with Crippen molar-refractivity contribution in [3.05, 3.63) is 47.0 Å². The van der Waals surface area contributed by atoms with Gasteiger partial charge in [0.2, 0.25) is 0 Å². The van der Waals surface area contributed by atoms with Gasteiger partial charge >= 0.3 is 12.0 Å². The molecule has 0 unspecified atom stereocenters. The summed E-state index contributed by atoms with van der Waals surface area (Å²) in [6.45, 7) is 7.93. The summed E-state index contributed by atoms with van der Waals surface area (Å²) in [4.78, 5) is 36.9. The van der Waals surface area contributed by atoms with Gasteiger partial charge in [0.1, 0.15) is 0 Å². The van der Waals surface area contributed by atoms with E-state index in [1.54, 1.807) is 24.3 Å².